The van der Waals surface area contributed by atoms with Crippen LogP contribution in [0.3, 0.4) is 0 Å². The number of hydrogen-bond acceptors (Lipinski definition) is 2. The molecule has 2 nitrogen and oxygen atoms in total. The van der Waals surface area contributed by atoms with Crippen molar-refractivity contribution in [3.63, 3.8) is 0 Å². The number of ether oxygens (including phenoxy) is 1. The topological polar surface area (TPSA) is 21.3 Å². The fraction of sp³-hybridized carbons (Fsp3) is 1.00. The summed E-state index contributed by atoms with van der Waals surface area (Å²) in [4.78, 5) is 0. The molecule has 0 bridgehead atoms. The first-order chi connectivity index (χ1) is 8.74. The van der Waals surface area contributed by atoms with Crippen molar-refractivity contribution in [3.8, 4) is 0 Å². The molecule has 106 valence electrons. The first-order valence-electron chi connectivity index (χ1n) is 8.13. The van der Waals surface area contributed by atoms with Crippen LogP contribution in [-0.2, 0) is 4.74 Å². The largest absolute Gasteiger partial charge is 0.372 e. The molecule has 0 aromatic carbocycles. The minimum absolute atomic E-state index is 0.305. The molecule has 1 N–H and O–H groups in total. The van der Waals surface area contributed by atoms with Gasteiger partial charge in [-0.2, -0.15) is 0 Å². The molecule has 2 heteroatoms. The van der Waals surface area contributed by atoms with Crippen LogP contribution in [0.15, 0.2) is 0 Å². The van der Waals surface area contributed by atoms with Gasteiger partial charge in [-0.25, -0.2) is 0 Å². The van der Waals surface area contributed by atoms with E-state index < -0.39 is 0 Å². The predicted octanol–water partition coefficient (Wildman–Crippen LogP) is 3.89. The molecule has 1 heterocycles. The van der Waals surface area contributed by atoms with Gasteiger partial charge in [-0.15, -0.1) is 0 Å². The highest BCUT2D eigenvalue weighted by Crippen LogP contribution is 2.43. The Morgan fingerprint density at radius 3 is 2.72 bits per heavy atom. The number of rotatable bonds is 6. The van der Waals surface area contributed by atoms with Gasteiger partial charge < -0.3 is 10.1 Å². The van der Waals surface area contributed by atoms with E-state index >= 15 is 0 Å². The van der Waals surface area contributed by atoms with Crippen LogP contribution in [0.2, 0.25) is 0 Å². The molecule has 0 aromatic heterocycles. The smallest absolute Gasteiger partial charge is 0.0687 e. The second kappa shape index (κ2) is 6.91. The van der Waals surface area contributed by atoms with Crippen LogP contribution in [-0.4, -0.2) is 24.8 Å². The van der Waals surface area contributed by atoms with E-state index in [1.165, 1.54) is 57.8 Å². The van der Waals surface area contributed by atoms with Crippen molar-refractivity contribution < 1.29 is 4.74 Å². The molecule has 0 radical (unpaired) electrons. The van der Waals surface area contributed by atoms with Crippen molar-refractivity contribution in [2.45, 2.75) is 83.3 Å². The lowest BCUT2D eigenvalue weighted by Crippen LogP contribution is -2.32. The standard InChI is InChI=1S/C16H31NO/c1-3-11-17-13-14(2)12-15-7-10-16(18-15)8-5-4-6-9-16/h14-15,17H,3-13H2,1-2H3. The second-order valence-corrected chi connectivity index (χ2v) is 6.57. The molecule has 1 saturated carbocycles. The van der Waals surface area contributed by atoms with Gasteiger partial charge in [-0.3, -0.25) is 0 Å². The second-order valence-electron chi connectivity index (χ2n) is 6.57. The van der Waals surface area contributed by atoms with E-state index in [0.717, 1.165) is 19.0 Å². The van der Waals surface area contributed by atoms with Crippen LogP contribution >= 0.6 is 0 Å². The monoisotopic (exact) mass is 253 g/mol. The first kappa shape index (κ1) is 14.3. The Kier molecular flexibility index (Phi) is 5.50. The van der Waals surface area contributed by atoms with Crippen LogP contribution in [0, 0.1) is 5.92 Å². The van der Waals surface area contributed by atoms with Gasteiger partial charge in [0.05, 0.1) is 11.7 Å². The average molecular weight is 253 g/mol. The van der Waals surface area contributed by atoms with Crippen molar-refractivity contribution in [2.24, 2.45) is 5.92 Å². The van der Waals surface area contributed by atoms with Crippen molar-refractivity contribution in [2.75, 3.05) is 13.1 Å². The molecule has 2 atom stereocenters. The van der Waals surface area contributed by atoms with Gasteiger partial charge in [0.15, 0.2) is 0 Å². The summed E-state index contributed by atoms with van der Waals surface area (Å²) in [5.41, 5.74) is 0.305. The molecule has 2 fully saturated rings. The van der Waals surface area contributed by atoms with Crippen molar-refractivity contribution in [1.29, 1.82) is 0 Å². The summed E-state index contributed by atoms with van der Waals surface area (Å²) in [5, 5.41) is 3.52. The van der Waals surface area contributed by atoms with Crippen LogP contribution in [0.5, 0.6) is 0 Å². The number of nitrogens with one attached hydrogen (secondary N) is 1. The van der Waals surface area contributed by atoms with Crippen molar-refractivity contribution in [1.82, 2.24) is 5.32 Å². The van der Waals surface area contributed by atoms with Gasteiger partial charge in [0.25, 0.3) is 0 Å². The maximum absolute atomic E-state index is 6.44. The molecule has 2 rings (SSSR count). The van der Waals surface area contributed by atoms with Crippen LogP contribution in [0.25, 0.3) is 0 Å². The van der Waals surface area contributed by atoms with Crippen LogP contribution in [0.4, 0.5) is 0 Å². The van der Waals surface area contributed by atoms with Gasteiger partial charge in [0, 0.05) is 0 Å². The fourth-order valence-electron chi connectivity index (χ4n) is 3.68. The van der Waals surface area contributed by atoms with E-state index in [1.807, 2.05) is 0 Å². The summed E-state index contributed by atoms with van der Waals surface area (Å²) >= 11 is 0. The molecule has 2 unspecified atom stereocenters. The van der Waals surface area contributed by atoms with E-state index in [-0.39, 0.29) is 0 Å². The van der Waals surface area contributed by atoms with Crippen molar-refractivity contribution in [3.05, 3.63) is 0 Å². The molecule has 18 heavy (non-hydrogen) atoms. The predicted molar refractivity (Wildman–Crippen MR) is 76.9 cm³/mol. The summed E-state index contributed by atoms with van der Waals surface area (Å²) in [5.74, 6) is 0.750. The van der Waals surface area contributed by atoms with E-state index in [0.29, 0.717) is 11.7 Å². The average Bonchev–Trinajstić information content (AvgIpc) is 2.73. The van der Waals surface area contributed by atoms with Gasteiger partial charge >= 0.3 is 0 Å². The molecule has 0 aromatic rings. The molecular weight excluding hydrogens is 222 g/mol. The Hall–Kier alpha value is -0.0800. The lowest BCUT2D eigenvalue weighted by molar-refractivity contribution is -0.0691. The summed E-state index contributed by atoms with van der Waals surface area (Å²) in [7, 11) is 0. The zero-order valence-electron chi connectivity index (χ0n) is 12.3. The van der Waals surface area contributed by atoms with Crippen LogP contribution in [0.1, 0.15) is 71.6 Å². The lowest BCUT2D eigenvalue weighted by atomic mass is 9.83. The van der Waals surface area contributed by atoms with Gasteiger partial charge in [0.2, 0.25) is 0 Å². The van der Waals surface area contributed by atoms with Crippen molar-refractivity contribution >= 4 is 0 Å². The number of hydrogen-bond donors (Lipinski definition) is 1. The van der Waals surface area contributed by atoms with Gasteiger partial charge in [-0.1, -0.05) is 33.1 Å². The lowest BCUT2D eigenvalue weighted by Gasteiger charge is -2.33. The Morgan fingerprint density at radius 1 is 1.22 bits per heavy atom. The van der Waals surface area contributed by atoms with E-state index in [1.54, 1.807) is 0 Å². The quantitative estimate of drug-likeness (QED) is 0.725. The normalized spacial score (nSPS) is 28.7. The fourth-order valence-corrected chi connectivity index (χ4v) is 3.68. The molecule has 1 spiro atoms. The maximum Gasteiger partial charge on any atom is 0.0687 e. The van der Waals surface area contributed by atoms with E-state index in [4.69, 9.17) is 4.74 Å². The third-order valence-electron chi connectivity index (χ3n) is 4.69. The summed E-state index contributed by atoms with van der Waals surface area (Å²) in [6.45, 7) is 6.89. The molecule has 1 aliphatic heterocycles. The zero-order valence-corrected chi connectivity index (χ0v) is 12.3. The van der Waals surface area contributed by atoms with Crippen LogP contribution < -0.4 is 5.32 Å². The molecule has 2 aliphatic rings. The SMILES string of the molecule is CCCNCC(C)CC1CCC2(CCCCC2)O1. The molecule has 1 aliphatic carbocycles. The van der Waals surface area contributed by atoms with Gasteiger partial charge in [0.1, 0.15) is 0 Å². The highest BCUT2D eigenvalue weighted by Gasteiger charge is 2.40. The minimum Gasteiger partial charge on any atom is -0.372 e. The summed E-state index contributed by atoms with van der Waals surface area (Å²) in [6.07, 6.45) is 12.5. The third-order valence-corrected chi connectivity index (χ3v) is 4.69. The highest BCUT2D eigenvalue weighted by molar-refractivity contribution is 4.91. The maximum atomic E-state index is 6.44. The minimum atomic E-state index is 0.305. The molecule has 0 amide bonds. The van der Waals surface area contributed by atoms with Gasteiger partial charge in [-0.05, 0) is 57.5 Å². The summed E-state index contributed by atoms with van der Waals surface area (Å²) < 4.78 is 6.44. The van der Waals surface area contributed by atoms with E-state index in [9.17, 15) is 0 Å². The first-order valence-corrected chi connectivity index (χ1v) is 8.13. The Morgan fingerprint density at radius 2 is 2.00 bits per heavy atom. The Balaban J connectivity index is 1.68. The van der Waals surface area contributed by atoms with E-state index in [2.05, 4.69) is 19.2 Å². The third kappa shape index (κ3) is 3.96. The highest BCUT2D eigenvalue weighted by atomic mass is 16.5. The Bertz CT molecular complexity index is 235. The molecular formula is C16H31NO. The molecule has 1 saturated heterocycles. The summed E-state index contributed by atoms with van der Waals surface area (Å²) in [6, 6.07) is 0. The Labute approximate surface area is 113 Å². The zero-order chi connectivity index (χ0) is 12.8.